The van der Waals surface area contributed by atoms with Crippen LogP contribution in [0.2, 0.25) is 5.02 Å². The molecule has 0 aliphatic carbocycles. The number of aryl methyl sites for hydroxylation is 2. The molecule has 0 fully saturated rings. The van der Waals surface area contributed by atoms with Crippen LogP contribution in [0.3, 0.4) is 0 Å². The highest BCUT2D eigenvalue weighted by Crippen LogP contribution is 2.27. The average molecular weight is 309 g/mol. The van der Waals surface area contributed by atoms with Gasteiger partial charge in [-0.05, 0) is 39.0 Å². The number of nitrogens with zero attached hydrogens (tertiary/aromatic N) is 2. The Morgan fingerprint density at radius 3 is 2.33 bits per heavy atom. The quantitative estimate of drug-likeness (QED) is 0.938. The molecule has 1 heterocycles. The van der Waals surface area contributed by atoms with E-state index >= 15 is 0 Å². The predicted molar refractivity (Wildman–Crippen MR) is 78.0 cm³/mol. The van der Waals surface area contributed by atoms with Gasteiger partial charge in [0, 0.05) is 22.5 Å². The monoisotopic (exact) mass is 308 g/mol. The normalized spacial score (nSPS) is 12.2. The maximum Gasteiger partial charge on any atom is 0.310 e. The molecule has 0 amide bonds. The highest BCUT2D eigenvalue weighted by atomic mass is 35.5. The van der Waals surface area contributed by atoms with Gasteiger partial charge in [-0.2, -0.15) is 0 Å². The summed E-state index contributed by atoms with van der Waals surface area (Å²) in [5, 5.41) is 9.12. The number of rotatable bonds is 3. The third-order valence-electron chi connectivity index (χ3n) is 3.31. The van der Waals surface area contributed by atoms with Crippen molar-refractivity contribution in [1.82, 2.24) is 9.97 Å². The van der Waals surface area contributed by atoms with Crippen LogP contribution in [0.25, 0.3) is 11.4 Å². The standard InChI is InChI=1S/C15H14ClFN2O2/c1-7(15(20)21)13-8(2)18-14(19-9(13)3)10-4-5-12(17)11(16)6-10/h4-7H,1-3H3,(H,20,21). The zero-order valence-electron chi connectivity index (χ0n) is 11.8. The van der Waals surface area contributed by atoms with E-state index in [9.17, 15) is 9.18 Å². The molecule has 1 atom stereocenters. The van der Waals surface area contributed by atoms with E-state index in [1.165, 1.54) is 18.2 Å². The van der Waals surface area contributed by atoms with Crippen LogP contribution in [0.1, 0.15) is 29.8 Å². The second kappa shape index (κ2) is 5.77. The Morgan fingerprint density at radius 2 is 1.86 bits per heavy atom. The number of hydrogen-bond acceptors (Lipinski definition) is 3. The van der Waals surface area contributed by atoms with Gasteiger partial charge in [-0.15, -0.1) is 0 Å². The molecule has 0 saturated carbocycles. The summed E-state index contributed by atoms with van der Waals surface area (Å²) in [6, 6.07) is 4.24. The van der Waals surface area contributed by atoms with Crippen molar-refractivity contribution in [3.05, 3.63) is 46.0 Å². The molecule has 0 saturated heterocycles. The molecular formula is C15H14ClFN2O2. The van der Waals surface area contributed by atoms with Gasteiger partial charge in [-0.25, -0.2) is 14.4 Å². The number of aliphatic carboxylic acids is 1. The van der Waals surface area contributed by atoms with Gasteiger partial charge in [0.2, 0.25) is 0 Å². The van der Waals surface area contributed by atoms with Crippen molar-refractivity contribution in [2.75, 3.05) is 0 Å². The van der Waals surface area contributed by atoms with Gasteiger partial charge in [0.15, 0.2) is 5.82 Å². The van der Waals surface area contributed by atoms with Crippen molar-refractivity contribution < 1.29 is 14.3 Å². The topological polar surface area (TPSA) is 63.1 Å². The zero-order chi connectivity index (χ0) is 15.7. The minimum absolute atomic E-state index is 0.00520. The molecule has 0 radical (unpaired) electrons. The highest BCUT2D eigenvalue weighted by Gasteiger charge is 2.21. The molecule has 4 nitrogen and oxygen atoms in total. The minimum Gasteiger partial charge on any atom is -0.481 e. The third-order valence-corrected chi connectivity index (χ3v) is 3.60. The van der Waals surface area contributed by atoms with Crippen molar-refractivity contribution in [2.24, 2.45) is 0 Å². The fraction of sp³-hybridized carbons (Fsp3) is 0.267. The average Bonchev–Trinajstić information content (AvgIpc) is 2.40. The van der Waals surface area contributed by atoms with Gasteiger partial charge < -0.3 is 5.11 Å². The summed E-state index contributed by atoms with van der Waals surface area (Å²) in [7, 11) is 0. The van der Waals surface area contributed by atoms with Crippen LogP contribution in [-0.4, -0.2) is 21.0 Å². The summed E-state index contributed by atoms with van der Waals surface area (Å²) >= 11 is 5.76. The Hall–Kier alpha value is -2.01. The Labute approximate surface area is 126 Å². The van der Waals surface area contributed by atoms with Crippen LogP contribution in [0.15, 0.2) is 18.2 Å². The maximum absolute atomic E-state index is 13.2. The van der Waals surface area contributed by atoms with E-state index in [-0.39, 0.29) is 5.02 Å². The number of halogens is 2. The molecular weight excluding hydrogens is 295 g/mol. The maximum atomic E-state index is 13.2. The van der Waals surface area contributed by atoms with E-state index in [0.717, 1.165) is 0 Å². The molecule has 0 spiro atoms. The summed E-state index contributed by atoms with van der Waals surface area (Å²) in [4.78, 5) is 19.8. The molecule has 1 aromatic heterocycles. The lowest BCUT2D eigenvalue weighted by Gasteiger charge is -2.14. The van der Waals surface area contributed by atoms with Crippen LogP contribution in [0.4, 0.5) is 4.39 Å². The predicted octanol–water partition coefficient (Wildman–Crippen LogP) is 3.74. The minimum atomic E-state index is -0.928. The summed E-state index contributed by atoms with van der Waals surface area (Å²) in [5.41, 5.74) is 2.36. The SMILES string of the molecule is Cc1nc(-c2ccc(F)c(Cl)c2)nc(C)c1C(C)C(=O)O. The van der Waals surface area contributed by atoms with Gasteiger partial charge >= 0.3 is 5.97 Å². The molecule has 1 unspecified atom stereocenters. The van der Waals surface area contributed by atoms with Gasteiger partial charge in [0.1, 0.15) is 5.82 Å². The molecule has 110 valence electrons. The molecule has 1 aromatic carbocycles. The number of carboxylic acid groups (broad SMARTS) is 1. The Morgan fingerprint density at radius 1 is 1.29 bits per heavy atom. The van der Waals surface area contributed by atoms with Gasteiger partial charge in [0.05, 0.1) is 10.9 Å². The fourth-order valence-electron chi connectivity index (χ4n) is 2.24. The van der Waals surface area contributed by atoms with E-state index in [0.29, 0.717) is 28.3 Å². The van der Waals surface area contributed by atoms with E-state index in [4.69, 9.17) is 16.7 Å². The molecule has 2 aromatic rings. The molecule has 0 aliphatic heterocycles. The molecule has 2 rings (SSSR count). The van der Waals surface area contributed by atoms with E-state index < -0.39 is 17.7 Å². The first kappa shape index (κ1) is 15.4. The van der Waals surface area contributed by atoms with Crippen LogP contribution in [0.5, 0.6) is 0 Å². The van der Waals surface area contributed by atoms with Crippen LogP contribution in [-0.2, 0) is 4.79 Å². The first-order valence-corrected chi connectivity index (χ1v) is 6.72. The first-order valence-electron chi connectivity index (χ1n) is 6.34. The van der Waals surface area contributed by atoms with Crippen molar-refractivity contribution >= 4 is 17.6 Å². The van der Waals surface area contributed by atoms with Crippen molar-refractivity contribution in [3.63, 3.8) is 0 Å². The van der Waals surface area contributed by atoms with Crippen LogP contribution >= 0.6 is 11.6 Å². The molecule has 0 aliphatic rings. The fourth-order valence-corrected chi connectivity index (χ4v) is 2.42. The van der Waals surface area contributed by atoms with Gasteiger partial charge in [0.25, 0.3) is 0 Å². The summed E-state index contributed by atoms with van der Waals surface area (Å²) in [6.45, 7) is 5.06. The molecule has 6 heteroatoms. The smallest absolute Gasteiger partial charge is 0.310 e. The number of benzene rings is 1. The molecule has 21 heavy (non-hydrogen) atoms. The summed E-state index contributed by atoms with van der Waals surface area (Å²) in [5.74, 6) is -1.73. The van der Waals surface area contributed by atoms with Crippen molar-refractivity contribution in [1.29, 1.82) is 0 Å². The number of carboxylic acids is 1. The van der Waals surface area contributed by atoms with Crippen molar-refractivity contribution in [3.8, 4) is 11.4 Å². The summed E-state index contributed by atoms with van der Waals surface area (Å²) in [6.07, 6.45) is 0. The molecule has 0 bridgehead atoms. The van der Waals surface area contributed by atoms with E-state index in [2.05, 4.69) is 9.97 Å². The van der Waals surface area contributed by atoms with Gasteiger partial charge in [-0.1, -0.05) is 11.6 Å². The van der Waals surface area contributed by atoms with Gasteiger partial charge in [-0.3, -0.25) is 4.79 Å². The summed E-state index contributed by atoms with van der Waals surface area (Å²) < 4.78 is 13.2. The Kier molecular flexibility index (Phi) is 4.23. The number of hydrogen-bond donors (Lipinski definition) is 1. The highest BCUT2D eigenvalue weighted by molar-refractivity contribution is 6.31. The van der Waals surface area contributed by atoms with Crippen LogP contribution in [0, 0.1) is 19.7 Å². The zero-order valence-corrected chi connectivity index (χ0v) is 12.6. The lowest BCUT2D eigenvalue weighted by molar-refractivity contribution is -0.138. The Bertz CT molecular complexity index is 696. The molecule has 1 N–H and O–H groups in total. The lowest BCUT2D eigenvalue weighted by atomic mass is 9.98. The van der Waals surface area contributed by atoms with E-state index in [1.54, 1.807) is 20.8 Å². The largest absolute Gasteiger partial charge is 0.481 e. The van der Waals surface area contributed by atoms with E-state index in [1.807, 2.05) is 0 Å². The second-order valence-corrected chi connectivity index (χ2v) is 5.23. The Balaban J connectivity index is 2.53. The third kappa shape index (κ3) is 3.03. The van der Waals surface area contributed by atoms with Crippen molar-refractivity contribution in [2.45, 2.75) is 26.7 Å². The number of carbonyl (C=O) groups is 1. The lowest BCUT2D eigenvalue weighted by Crippen LogP contribution is -2.13. The van der Waals surface area contributed by atoms with Crippen LogP contribution < -0.4 is 0 Å². The second-order valence-electron chi connectivity index (χ2n) is 4.82. The number of aromatic nitrogens is 2. The first-order chi connectivity index (χ1) is 9.81.